The van der Waals surface area contributed by atoms with Crippen molar-refractivity contribution in [3.8, 4) is 5.75 Å². The van der Waals surface area contributed by atoms with E-state index in [4.69, 9.17) is 9.15 Å². The maximum atomic E-state index is 12.4. The van der Waals surface area contributed by atoms with E-state index in [1.165, 1.54) is 20.1 Å². The van der Waals surface area contributed by atoms with Crippen molar-refractivity contribution in [2.45, 2.75) is 27.2 Å². The lowest BCUT2D eigenvalue weighted by Crippen LogP contribution is -2.14. The standard InChI is InChI=1S/C17H18O5/c1-9(2)17(20)13-6-11(21-4)8-15-16(13)14(19)7-12(22-15)5-10(3)18/h6-9H,5H2,1-4H3. The van der Waals surface area contributed by atoms with Crippen LogP contribution in [-0.2, 0) is 11.2 Å². The first kappa shape index (κ1) is 15.9. The molecule has 1 heterocycles. The third kappa shape index (κ3) is 3.08. The molecule has 5 nitrogen and oxygen atoms in total. The van der Waals surface area contributed by atoms with Crippen LogP contribution < -0.4 is 10.2 Å². The Morgan fingerprint density at radius 2 is 1.91 bits per heavy atom. The fourth-order valence-electron chi connectivity index (χ4n) is 2.27. The monoisotopic (exact) mass is 302 g/mol. The average Bonchev–Trinajstić information content (AvgIpc) is 2.44. The van der Waals surface area contributed by atoms with E-state index in [9.17, 15) is 14.4 Å². The number of carbonyl (C=O) groups is 2. The van der Waals surface area contributed by atoms with Crippen LogP contribution in [0.15, 0.2) is 27.4 Å². The topological polar surface area (TPSA) is 73.6 Å². The summed E-state index contributed by atoms with van der Waals surface area (Å²) in [6, 6.07) is 4.37. The zero-order chi connectivity index (χ0) is 16.4. The molecule has 5 heteroatoms. The van der Waals surface area contributed by atoms with Gasteiger partial charge in [-0.25, -0.2) is 0 Å². The lowest BCUT2D eigenvalue weighted by atomic mass is 9.97. The summed E-state index contributed by atoms with van der Waals surface area (Å²) in [5.41, 5.74) is 0.212. The fraction of sp³-hybridized carbons (Fsp3) is 0.353. The molecule has 0 fully saturated rings. The fourth-order valence-corrected chi connectivity index (χ4v) is 2.27. The van der Waals surface area contributed by atoms with Crippen molar-refractivity contribution in [1.29, 1.82) is 0 Å². The Kier molecular flexibility index (Phi) is 4.45. The number of fused-ring (bicyclic) bond motifs is 1. The highest BCUT2D eigenvalue weighted by Gasteiger charge is 2.19. The molecule has 0 saturated carbocycles. The molecule has 22 heavy (non-hydrogen) atoms. The van der Waals surface area contributed by atoms with E-state index < -0.39 is 0 Å². The maximum absolute atomic E-state index is 12.4. The van der Waals surface area contributed by atoms with Gasteiger partial charge in [-0.15, -0.1) is 0 Å². The molecule has 0 radical (unpaired) electrons. The van der Waals surface area contributed by atoms with E-state index in [0.717, 1.165) is 0 Å². The second-order valence-electron chi connectivity index (χ2n) is 5.52. The quantitative estimate of drug-likeness (QED) is 0.794. The van der Waals surface area contributed by atoms with Crippen LogP contribution in [0.25, 0.3) is 11.0 Å². The predicted octanol–water partition coefficient (Wildman–Crippen LogP) is 2.77. The van der Waals surface area contributed by atoms with Gasteiger partial charge in [0.05, 0.1) is 18.9 Å². The highest BCUT2D eigenvalue weighted by atomic mass is 16.5. The molecule has 2 rings (SSSR count). The molecule has 0 aliphatic carbocycles. The van der Waals surface area contributed by atoms with Gasteiger partial charge >= 0.3 is 0 Å². The number of Topliss-reactive ketones (excluding diaryl/α,β-unsaturated/α-hetero) is 2. The third-order valence-electron chi connectivity index (χ3n) is 3.30. The smallest absolute Gasteiger partial charge is 0.193 e. The van der Waals surface area contributed by atoms with Gasteiger partial charge in [0, 0.05) is 23.6 Å². The summed E-state index contributed by atoms with van der Waals surface area (Å²) in [5, 5.41) is 0.229. The van der Waals surface area contributed by atoms with Gasteiger partial charge < -0.3 is 9.15 Å². The number of rotatable bonds is 5. The van der Waals surface area contributed by atoms with Gasteiger partial charge in [-0.3, -0.25) is 14.4 Å². The zero-order valence-corrected chi connectivity index (χ0v) is 13.1. The van der Waals surface area contributed by atoms with Gasteiger partial charge in [0.25, 0.3) is 0 Å². The van der Waals surface area contributed by atoms with E-state index in [1.807, 2.05) is 0 Å². The minimum Gasteiger partial charge on any atom is -0.497 e. The molecule has 0 spiro atoms. The minimum absolute atomic E-state index is 0.0375. The number of ketones is 2. The Labute approximate surface area is 127 Å². The SMILES string of the molecule is COc1cc(C(=O)C(C)C)c2c(=O)cc(CC(C)=O)oc2c1. The van der Waals surface area contributed by atoms with Crippen molar-refractivity contribution in [1.82, 2.24) is 0 Å². The van der Waals surface area contributed by atoms with E-state index in [-0.39, 0.29) is 51.6 Å². The van der Waals surface area contributed by atoms with Gasteiger partial charge in [-0.05, 0) is 13.0 Å². The molecule has 0 unspecified atom stereocenters. The second-order valence-corrected chi connectivity index (χ2v) is 5.52. The Morgan fingerprint density at radius 1 is 1.23 bits per heavy atom. The Bertz CT molecular complexity index is 799. The molecule has 116 valence electrons. The van der Waals surface area contributed by atoms with Crippen molar-refractivity contribution < 1.29 is 18.7 Å². The van der Waals surface area contributed by atoms with Crippen LogP contribution in [0, 0.1) is 5.92 Å². The molecule has 0 atom stereocenters. The van der Waals surface area contributed by atoms with Gasteiger partial charge in [-0.1, -0.05) is 13.8 Å². The van der Waals surface area contributed by atoms with Crippen molar-refractivity contribution in [2.24, 2.45) is 5.92 Å². The van der Waals surface area contributed by atoms with Gasteiger partial charge in [0.15, 0.2) is 11.2 Å². The van der Waals surface area contributed by atoms with E-state index in [2.05, 4.69) is 0 Å². The van der Waals surface area contributed by atoms with Crippen molar-refractivity contribution in [3.05, 3.63) is 39.7 Å². The van der Waals surface area contributed by atoms with Crippen molar-refractivity contribution in [3.63, 3.8) is 0 Å². The van der Waals surface area contributed by atoms with E-state index in [1.54, 1.807) is 26.0 Å². The van der Waals surface area contributed by atoms with Gasteiger partial charge in [-0.2, -0.15) is 0 Å². The van der Waals surface area contributed by atoms with Gasteiger partial charge in [0.1, 0.15) is 22.9 Å². The third-order valence-corrected chi connectivity index (χ3v) is 3.30. The molecular weight excluding hydrogens is 284 g/mol. The molecule has 0 saturated heterocycles. The van der Waals surface area contributed by atoms with Crippen LogP contribution in [0.2, 0.25) is 0 Å². The molecular formula is C17H18O5. The molecule has 0 bridgehead atoms. The lowest BCUT2D eigenvalue weighted by molar-refractivity contribution is -0.116. The predicted molar refractivity (Wildman–Crippen MR) is 82.6 cm³/mol. The highest BCUT2D eigenvalue weighted by Crippen LogP contribution is 2.26. The Balaban J connectivity index is 2.77. The van der Waals surface area contributed by atoms with Crippen LogP contribution in [0.1, 0.15) is 36.9 Å². The van der Waals surface area contributed by atoms with Crippen molar-refractivity contribution in [2.75, 3.05) is 7.11 Å². The van der Waals surface area contributed by atoms with Crippen molar-refractivity contribution >= 4 is 22.5 Å². The molecule has 0 aliphatic heterocycles. The van der Waals surface area contributed by atoms with Gasteiger partial charge in [0.2, 0.25) is 0 Å². The van der Waals surface area contributed by atoms with E-state index in [0.29, 0.717) is 5.75 Å². The molecule has 1 aromatic heterocycles. The molecule has 0 amide bonds. The summed E-state index contributed by atoms with van der Waals surface area (Å²) in [4.78, 5) is 35.9. The molecule has 2 aromatic rings. The summed E-state index contributed by atoms with van der Waals surface area (Å²) < 4.78 is 10.8. The highest BCUT2D eigenvalue weighted by molar-refractivity contribution is 6.08. The number of methoxy groups -OCH3 is 1. The maximum Gasteiger partial charge on any atom is 0.193 e. The molecule has 0 aliphatic rings. The molecule has 0 N–H and O–H groups in total. The lowest BCUT2D eigenvalue weighted by Gasteiger charge is -2.10. The van der Waals surface area contributed by atoms with E-state index >= 15 is 0 Å². The first-order valence-corrected chi connectivity index (χ1v) is 7.02. The van der Waals surface area contributed by atoms with Crippen LogP contribution in [0.5, 0.6) is 5.75 Å². The Hall–Kier alpha value is -2.43. The van der Waals surface area contributed by atoms with Crippen LogP contribution in [-0.4, -0.2) is 18.7 Å². The first-order valence-electron chi connectivity index (χ1n) is 7.02. The summed E-state index contributed by atoms with van der Waals surface area (Å²) in [5.74, 6) is 0.187. The second kappa shape index (κ2) is 6.13. The number of ether oxygens (including phenoxy) is 1. The van der Waals surface area contributed by atoms with Crippen LogP contribution in [0.3, 0.4) is 0 Å². The largest absolute Gasteiger partial charge is 0.497 e. The molecule has 1 aromatic carbocycles. The summed E-state index contributed by atoms with van der Waals surface area (Å²) in [7, 11) is 1.47. The summed E-state index contributed by atoms with van der Waals surface area (Å²) in [6.45, 7) is 4.95. The summed E-state index contributed by atoms with van der Waals surface area (Å²) in [6.07, 6.45) is 0.0375. The number of hydrogen-bond acceptors (Lipinski definition) is 5. The summed E-state index contributed by atoms with van der Waals surface area (Å²) >= 11 is 0. The van der Waals surface area contributed by atoms with Crippen LogP contribution >= 0.6 is 0 Å². The Morgan fingerprint density at radius 3 is 2.45 bits per heavy atom. The zero-order valence-electron chi connectivity index (χ0n) is 13.1. The number of benzene rings is 1. The normalized spacial score (nSPS) is 11.0. The number of hydrogen-bond donors (Lipinski definition) is 0. The number of carbonyl (C=O) groups excluding carboxylic acids is 2. The minimum atomic E-state index is -0.329. The average molecular weight is 302 g/mol. The first-order chi connectivity index (χ1) is 10.3. The van der Waals surface area contributed by atoms with Crippen LogP contribution in [0.4, 0.5) is 0 Å².